The molecular weight excluding hydrogens is 146 g/mol. The Morgan fingerprint density at radius 3 is 1.36 bits per heavy atom. The molecule has 0 unspecified atom stereocenters. The molecule has 1 aliphatic rings. The standard InChI is InChI=1S/C6H4O2.CH3NO/c7-5-1-2-6(8)4-3-5;2-1-3/h1-4H;1H,(H2,2,3). The molecule has 0 fully saturated rings. The predicted molar refractivity (Wildman–Crippen MR) is 38.5 cm³/mol. The number of hydrogen-bond donors (Lipinski definition) is 1. The van der Waals surface area contributed by atoms with Gasteiger partial charge in [-0.2, -0.15) is 0 Å². The maximum Gasteiger partial charge on any atom is 0.204 e. The normalized spacial score (nSPS) is 13.8. The van der Waals surface area contributed by atoms with E-state index in [2.05, 4.69) is 5.73 Å². The lowest BCUT2D eigenvalue weighted by atomic mass is 10.2. The van der Waals surface area contributed by atoms with Gasteiger partial charge in [-0.15, -0.1) is 0 Å². The van der Waals surface area contributed by atoms with E-state index in [0.717, 1.165) is 0 Å². The molecule has 0 aromatic heterocycles. The van der Waals surface area contributed by atoms with Gasteiger partial charge in [-0.3, -0.25) is 14.4 Å². The topological polar surface area (TPSA) is 77.2 Å². The fourth-order valence-electron chi connectivity index (χ4n) is 0.440. The van der Waals surface area contributed by atoms with Gasteiger partial charge >= 0.3 is 0 Å². The summed E-state index contributed by atoms with van der Waals surface area (Å²) in [6.45, 7) is 0. The van der Waals surface area contributed by atoms with Crippen molar-refractivity contribution in [2.45, 2.75) is 0 Å². The third-order valence-corrected chi connectivity index (χ3v) is 0.824. The summed E-state index contributed by atoms with van der Waals surface area (Å²) < 4.78 is 0. The summed E-state index contributed by atoms with van der Waals surface area (Å²) in [5, 5.41) is 0. The van der Waals surface area contributed by atoms with Crippen LogP contribution in [0.1, 0.15) is 0 Å². The van der Waals surface area contributed by atoms with E-state index in [1.165, 1.54) is 24.3 Å². The molecule has 0 aliphatic heterocycles. The van der Waals surface area contributed by atoms with E-state index < -0.39 is 0 Å². The third kappa shape index (κ3) is 4.77. The van der Waals surface area contributed by atoms with Gasteiger partial charge in [0.15, 0.2) is 11.6 Å². The monoisotopic (exact) mass is 153 g/mol. The summed E-state index contributed by atoms with van der Waals surface area (Å²) in [6.07, 6.45) is 5.26. The summed E-state index contributed by atoms with van der Waals surface area (Å²) in [5.74, 6) is -0.241. The van der Waals surface area contributed by atoms with Crippen LogP contribution in [0.2, 0.25) is 0 Å². The van der Waals surface area contributed by atoms with E-state index in [4.69, 9.17) is 4.79 Å². The second kappa shape index (κ2) is 5.10. The molecular formula is C7H7NO3. The molecule has 0 aromatic rings. The smallest absolute Gasteiger partial charge is 0.204 e. The van der Waals surface area contributed by atoms with Crippen molar-refractivity contribution in [3.05, 3.63) is 24.3 Å². The lowest BCUT2D eigenvalue weighted by Gasteiger charge is -1.87. The molecule has 0 heterocycles. The predicted octanol–water partition coefficient (Wildman–Crippen LogP) is -0.648. The van der Waals surface area contributed by atoms with Gasteiger partial charge in [-0.05, 0) is 24.3 Å². The van der Waals surface area contributed by atoms with Crippen molar-refractivity contribution in [1.29, 1.82) is 0 Å². The van der Waals surface area contributed by atoms with Crippen molar-refractivity contribution in [3.63, 3.8) is 0 Å². The second-order valence-corrected chi connectivity index (χ2v) is 1.61. The minimum atomic E-state index is -0.121. The zero-order valence-electron chi connectivity index (χ0n) is 5.69. The Bertz CT molecular complexity index is 190. The number of carbonyl (C=O) groups is 3. The van der Waals surface area contributed by atoms with Crippen LogP contribution in [0.5, 0.6) is 0 Å². The van der Waals surface area contributed by atoms with Crippen LogP contribution in [0.3, 0.4) is 0 Å². The number of amides is 1. The van der Waals surface area contributed by atoms with Crippen LogP contribution in [-0.2, 0) is 14.4 Å². The van der Waals surface area contributed by atoms with Gasteiger partial charge in [0.1, 0.15) is 0 Å². The maximum absolute atomic E-state index is 10.3. The molecule has 1 aliphatic carbocycles. The molecule has 0 saturated carbocycles. The van der Waals surface area contributed by atoms with Crippen LogP contribution in [0.15, 0.2) is 24.3 Å². The van der Waals surface area contributed by atoms with Crippen LogP contribution in [-0.4, -0.2) is 18.0 Å². The largest absolute Gasteiger partial charge is 0.372 e. The molecule has 1 amide bonds. The lowest BCUT2D eigenvalue weighted by Crippen LogP contribution is -1.97. The first-order valence-corrected chi connectivity index (χ1v) is 2.80. The fourth-order valence-corrected chi connectivity index (χ4v) is 0.440. The Balaban J connectivity index is 0.000000292. The van der Waals surface area contributed by atoms with Gasteiger partial charge in [0.2, 0.25) is 6.41 Å². The van der Waals surface area contributed by atoms with Crippen LogP contribution in [0.4, 0.5) is 0 Å². The van der Waals surface area contributed by atoms with E-state index in [0.29, 0.717) is 0 Å². The quantitative estimate of drug-likeness (QED) is 0.371. The number of allylic oxidation sites excluding steroid dienone is 4. The van der Waals surface area contributed by atoms with Crippen molar-refractivity contribution in [2.24, 2.45) is 5.73 Å². The molecule has 0 aromatic carbocycles. The van der Waals surface area contributed by atoms with Crippen LogP contribution in [0.25, 0.3) is 0 Å². The minimum absolute atomic E-state index is 0.121. The number of hydrogen-bond acceptors (Lipinski definition) is 3. The number of rotatable bonds is 0. The van der Waals surface area contributed by atoms with Crippen molar-refractivity contribution < 1.29 is 14.4 Å². The first kappa shape index (κ1) is 9.29. The molecule has 11 heavy (non-hydrogen) atoms. The van der Waals surface area contributed by atoms with E-state index in [1.54, 1.807) is 0 Å². The Kier molecular flexibility index (Phi) is 4.31. The molecule has 2 N–H and O–H groups in total. The highest BCUT2D eigenvalue weighted by molar-refractivity contribution is 6.14. The molecule has 0 spiro atoms. The van der Waals surface area contributed by atoms with Gasteiger partial charge in [0.05, 0.1) is 0 Å². The molecule has 0 radical (unpaired) electrons. The van der Waals surface area contributed by atoms with Gasteiger partial charge in [-0.25, -0.2) is 0 Å². The summed E-state index contributed by atoms with van der Waals surface area (Å²) in [4.78, 5) is 29.1. The lowest BCUT2D eigenvalue weighted by molar-refractivity contribution is -0.113. The molecule has 1 rings (SSSR count). The summed E-state index contributed by atoms with van der Waals surface area (Å²) >= 11 is 0. The molecule has 58 valence electrons. The Hall–Kier alpha value is -1.71. The average molecular weight is 153 g/mol. The van der Waals surface area contributed by atoms with Crippen molar-refractivity contribution >= 4 is 18.0 Å². The van der Waals surface area contributed by atoms with Gasteiger partial charge in [-0.1, -0.05) is 0 Å². The Morgan fingerprint density at radius 2 is 1.18 bits per heavy atom. The van der Waals surface area contributed by atoms with Crippen LogP contribution in [0, 0.1) is 0 Å². The molecule has 0 saturated heterocycles. The number of primary amides is 1. The van der Waals surface area contributed by atoms with Crippen molar-refractivity contribution in [2.75, 3.05) is 0 Å². The van der Waals surface area contributed by atoms with Crippen LogP contribution >= 0.6 is 0 Å². The number of carbonyl (C=O) groups excluding carboxylic acids is 3. The molecule has 4 heteroatoms. The molecule has 0 bridgehead atoms. The van der Waals surface area contributed by atoms with E-state index >= 15 is 0 Å². The summed E-state index contributed by atoms with van der Waals surface area (Å²) in [6, 6.07) is 0. The highest BCUT2D eigenvalue weighted by atomic mass is 16.1. The van der Waals surface area contributed by atoms with E-state index in [1.807, 2.05) is 0 Å². The Morgan fingerprint density at radius 1 is 1.00 bits per heavy atom. The Labute approximate surface area is 63.4 Å². The maximum atomic E-state index is 10.3. The summed E-state index contributed by atoms with van der Waals surface area (Å²) in [5.41, 5.74) is 4.17. The van der Waals surface area contributed by atoms with Gasteiger partial charge in [0, 0.05) is 0 Å². The highest BCUT2D eigenvalue weighted by Crippen LogP contribution is 1.90. The highest BCUT2D eigenvalue weighted by Gasteiger charge is 1.97. The van der Waals surface area contributed by atoms with Crippen molar-refractivity contribution in [3.8, 4) is 0 Å². The summed E-state index contributed by atoms with van der Waals surface area (Å²) in [7, 11) is 0. The number of nitrogens with two attached hydrogens (primary N) is 1. The number of ketones is 2. The van der Waals surface area contributed by atoms with Crippen LogP contribution < -0.4 is 5.73 Å². The zero-order chi connectivity index (χ0) is 8.69. The van der Waals surface area contributed by atoms with Gasteiger partial charge in [0.25, 0.3) is 0 Å². The van der Waals surface area contributed by atoms with Gasteiger partial charge < -0.3 is 5.73 Å². The first-order chi connectivity index (χ1) is 5.20. The zero-order valence-corrected chi connectivity index (χ0v) is 5.69. The average Bonchev–Trinajstić information content (AvgIpc) is 1.97. The SMILES string of the molecule is NC=O.O=C1C=CC(=O)C=C1. The second-order valence-electron chi connectivity index (χ2n) is 1.61. The van der Waals surface area contributed by atoms with E-state index in [-0.39, 0.29) is 18.0 Å². The van der Waals surface area contributed by atoms with E-state index in [9.17, 15) is 9.59 Å². The fraction of sp³-hybridized carbons (Fsp3) is 0. The molecule has 0 atom stereocenters. The molecule has 4 nitrogen and oxygen atoms in total. The minimum Gasteiger partial charge on any atom is -0.372 e. The third-order valence-electron chi connectivity index (χ3n) is 0.824. The first-order valence-electron chi connectivity index (χ1n) is 2.80. The van der Waals surface area contributed by atoms with Crippen molar-refractivity contribution in [1.82, 2.24) is 0 Å².